The number of rotatable bonds is 4. The number of anilines is 1. The number of carbonyl (C=O) groups excluding carboxylic acids is 2. The third-order valence-electron chi connectivity index (χ3n) is 2.73. The molecule has 1 aromatic carbocycles. The highest BCUT2D eigenvalue weighted by atomic mass is 35.5. The number of thiophene rings is 1. The minimum absolute atomic E-state index is 0.308. The number of nitrogens with one attached hydrogen (secondary N) is 1. The van der Waals surface area contributed by atoms with Crippen LogP contribution in [0.25, 0.3) is 0 Å². The molecule has 1 aromatic heterocycles. The molecule has 0 bridgehead atoms. The lowest BCUT2D eigenvalue weighted by atomic mass is 10.2. The number of esters is 1. The summed E-state index contributed by atoms with van der Waals surface area (Å²) in [5.41, 5.74) is 1.16. The molecule has 0 aliphatic rings. The lowest BCUT2D eigenvalue weighted by Gasteiger charge is -2.04. The van der Waals surface area contributed by atoms with Gasteiger partial charge in [-0.3, -0.25) is 4.79 Å². The third kappa shape index (κ3) is 3.62. The number of benzene rings is 1. The topological polar surface area (TPSA) is 55.4 Å². The molecule has 2 aromatic rings. The molecule has 1 heterocycles. The molecule has 6 heteroatoms. The summed E-state index contributed by atoms with van der Waals surface area (Å²) in [6.07, 6.45) is 0. The molecule has 0 saturated carbocycles. The van der Waals surface area contributed by atoms with Crippen LogP contribution in [-0.2, 0) is 4.74 Å². The maximum Gasteiger partial charge on any atom is 0.348 e. The van der Waals surface area contributed by atoms with Gasteiger partial charge < -0.3 is 10.1 Å². The Labute approximate surface area is 131 Å². The van der Waals surface area contributed by atoms with Crippen LogP contribution in [0.15, 0.2) is 30.3 Å². The van der Waals surface area contributed by atoms with Crippen LogP contribution in [0.4, 0.5) is 5.00 Å². The fourth-order valence-corrected chi connectivity index (χ4v) is 2.95. The minimum atomic E-state index is -0.377. The Morgan fingerprint density at radius 2 is 2.05 bits per heavy atom. The number of aryl methyl sites for hydroxylation is 1. The van der Waals surface area contributed by atoms with Crippen molar-refractivity contribution in [1.29, 1.82) is 0 Å². The van der Waals surface area contributed by atoms with Gasteiger partial charge in [0.2, 0.25) is 0 Å². The monoisotopic (exact) mass is 323 g/mol. The van der Waals surface area contributed by atoms with Crippen LogP contribution in [0.3, 0.4) is 0 Å². The zero-order valence-corrected chi connectivity index (χ0v) is 13.2. The fourth-order valence-electron chi connectivity index (χ4n) is 1.77. The summed E-state index contributed by atoms with van der Waals surface area (Å²) in [7, 11) is 0. The number of hydrogen-bond acceptors (Lipinski definition) is 4. The first kappa shape index (κ1) is 15.5. The van der Waals surface area contributed by atoms with Crippen molar-refractivity contribution in [2.75, 3.05) is 11.9 Å². The first-order valence-electron chi connectivity index (χ1n) is 6.36. The molecule has 0 fully saturated rings. The van der Waals surface area contributed by atoms with Crippen molar-refractivity contribution < 1.29 is 14.3 Å². The van der Waals surface area contributed by atoms with E-state index in [9.17, 15) is 9.59 Å². The van der Waals surface area contributed by atoms with E-state index in [-0.39, 0.29) is 11.9 Å². The number of carbonyl (C=O) groups is 2. The normalized spacial score (nSPS) is 10.2. The van der Waals surface area contributed by atoms with Gasteiger partial charge >= 0.3 is 5.97 Å². The summed E-state index contributed by atoms with van der Waals surface area (Å²) in [5, 5.41) is 3.71. The number of ether oxygens (including phenoxy) is 1. The van der Waals surface area contributed by atoms with Crippen molar-refractivity contribution in [3.8, 4) is 0 Å². The van der Waals surface area contributed by atoms with Gasteiger partial charge in [0, 0.05) is 0 Å². The Kier molecular flexibility index (Phi) is 4.98. The molecular weight excluding hydrogens is 310 g/mol. The zero-order chi connectivity index (χ0) is 15.4. The molecule has 0 aliphatic carbocycles. The minimum Gasteiger partial charge on any atom is -0.462 e. The molecule has 21 heavy (non-hydrogen) atoms. The maximum absolute atomic E-state index is 12.1. The summed E-state index contributed by atoms with van der Waals surface area (Å²) in [4.78, 5) is 24.4. The Bertz CT molecular complexity index is 681. The van der Waals surface area contributed by atoms with Crippen molar-refractivity contribution in [2.45, 2.75) is 13.8 Å². The van der Waals surface area contributed by atoms with Crippen molar-refractivity contribution in [3.05, 3.63) is 51.4 Å². The highest BCUT2D eigenvalue weighted by Gasteiger charge is 2.17. The predicted octanol–water partition coefficient (Wildman–Crippen LogP) is 4.14. The van der Waals surface area contributed by atoms with E-state index in [2.05, 4.69) is 5.32 Å². The lowest BCUT2D eigenvalue weighted by molar-refractivity contribution is 0.0531. The van der Waals surface area contributed by atoms with E-state index in [1.807, 2.05) is 0 Å². The number of hydrogen-bond donors (Lipinski definition) is 1. The van der Waals surface area contributed by atoms with Crippen molar-refractivity contribution in [3.63, 3.8) is 0 Å². The molecule has 0 saturated heterocycles. The van der Waals surface area contributed by atoms with Crippen LogP contribution in [0.2, 0.25) is 5.02 Å². The van der Waals surface area contributed by atoms with Crippen LogP contribution in [0, 0.1) is 6.92 Å². The Morgan fingerprint density at radius 1 is 1.33 bits per heavy atom. The molecule has 1 N–H and O–H groups in total. The number of halogens is 1. The fraction of sp³-hybridized carbons (Fsp3) is 0.200. The van der Waals surface area contributed by atoms with E-state index in [1.54, 1.807) is 44.2 Å². The van der Waals surface area contributed by atoms with Gasteiger partial charge in [0.25, 0.3) is 5.91 Å². The van der Waals surface area contributed by atoms with Crippen LogP contribution in [0.1, 0.15) is 32.5 Å². The van der Waals surface area contributed by atoms with Gasteiger partial charge in [-0.15, -0.1) is 11.3 Å². The predicted molar refractivity (Wildman–Crippen MR) is 84.4 cm³/mol. The van der Waals surface area contributed by atoms with Crippen molar-refractivity contribution in [1.82, 2.24) is 0 Å². The summed E-state index contributed by atoms with van der Waals surface area (Å²) >= 11 is 7.17. The van der Waals surface area contributed by atoms with Gasteiger partial charge in [0.1, 0.15) is 4.88 Å². The molecule has 0 atom stereocenters. The van der Waals surface area contributed by atoms with Crippen LogP contribution >= 0.6 is 22.9 Å². The largest absolute Gasteiger partial charge is 0.462 e. The summed E-state index contributed by atoms with van der Waals surface area (Å²) in [6.45, 7) is 3.87. The van der Waals surface area contributed by atoms with Crippen LogP contribution in [0.5, 0.6) is 0 Å². The van der Waals surface area contributed by atoms with Gasteiger partial charge in [0.05, 0.1) is 22.2 Å². The van der Waals surface area contributed by atoms with E-state index >= 15 is 0 Å². The molecule has 0 aliphatic heterocycles. The second kappa shape index (κ2) is 6.74. The zero-order valence-electron chi connectivity index (χ0n) is 11.6. The van der Waals surface area contributed by atoms with Crippen molar-refractivity contribution >= 4 is 39.8 Å². The van der Waals surface area contributed by atoms with Gasteiger partial charge in [0.15, 0.2) is 0 Å². The van der Waals surface area contributed by atoms with Gasteiger partial charge in [-0.05, 0) is 37.6 Å². The Morgan fingerprint density at radius 3 is 2.71 bits per heavy atom. The molecule has 1 amide bonds. The molecule has 4 nitrogen and oxygen atoms in total. The van der Waals surface area contributed by atoms with E-state index < -0.39 is 0 Å². The van der Waals surface area contributed by atoms with E-state index in [1.165, 1.54) is 11.3 Å². The standard InChI is InChI=1S/C15H14ClNO3S/c1-3-20-15(19)13-9(2)8-12(21-13)17-14(18)10-6-4-5-7-11(10)16/h4-8H,3H2,1-2H3,(H,17,18). The van der Waals surface area contributed by atoms with E-state index in [4.69, 9.17) is 16.3 Å². The molecule has 0 unspecified atom stereocenters. The highest BCUT2D eigenvalue weighted by Crippen LogP contribution is 2.28. The average Bonchev–Trinajstić information content (AvgIpc) is 2.80. The summed E-state index contributed by atoms with van der Waals surface area (Å²) < 4.78 is 4.97. The molecular formula is C15H14ClNO3S. The Hall–Kier alpha value is -1.85. The second-order valence-corrected chi connectivity index (χ2v) is 5.74. The average molecular weight is 324 g/mol. The number of amides is 1. The van der Waals surface area contributed by atoms with Gasteiger partial charge in [-0.1, -0.05) is 23.7 Å². The molecule has 0 radical (unpaired) electrons. The SMILES string of the molecule is CCOC(=O)c1sc(NC(=O)c2ccccc2Cl)cc1C. The van der Waals surface area contributed by atoms with Crippen LogP contribution in [-0.4, -0.2) is 18.5 Å². The molecule has 0 spiro atoms. The van der Waals surface area contributed by atoms with E-state index in [0.717, 1.165) is 5.56 Å². The smallest absolute Gasteiger partial charge is 0.348 e. The van der Waals surface area contributed by atoms with Crippen molar-refractivity contribution in [2.24, 2.45) is 0 Å². The molecule has 110 valence electrons. The first-order valence-corrected chi connectivity index (χ1v) is 7.55. The second-order valence-electron chi connectivity index (χ2n) is 4.28. The van der Waals surface area contributed by atoms with Crippen LogP contribution < -0.4 is 5.32 Å². The lowest BCUT2D eigenvalue weighted by Crippen LogP contribution is -2.11. The first-order chi connectivity index (χ1) is 10.0. The van der Waals surface area contributed by atoms with Gasteiger partial charge in [-0.2, -0.15) is 0 Å². The molecule has 2 rings (SSSR count). The summed E-state index contributed by atoms with van der Waals surface area (Å²) in [5.74, 6) is -0.685. The quantitative estimate of drug-likeness (QED) is 0.860. The Balaban J connectivity index is 2.17. The van der Waals surface area contributed by atoms with Gasteiger partial charge in [-0.25, -0.2) is 4.79 Å². The third-order valence-corrected chi connectivity index (χ3v) is 4.20. The summed E-state index contributed by atoms with van der Waals surface area (Å²) in [6, 6.07) is 8.54. The maximum atomic E-state index is 12.1. The highest BCUT2D eigenvalue weighted by molar-refractivity contribution is 7.18. The van der Waals surface area contributed by atoms with E-state index in [0.29, 0.717) is 27.1 Å².